The maximum Gasteiger partial charge on any atom is 0.328 e. The number of allylic oxidation sites excluding steroid dienone is 2. The molecular formula is C12H14N2O3. The number of urea groups is 1. The van der Waals surface area contributed by atoms with Crippen LogP contribution in [-0.2, 0) is 9.59 Å². The van der Waals surface area contributed by atoms with Crippen LogP contribution in [0.4, 0.5) is 4.79 Å². The molecule has 4 amide bonds. The lowest BCUT2D eigenvalue weighted by molar-refractivity contribution is -0.144. The SMILES string of the molecule is C=C=CCC1(CC(=C)C)C(=O)NC(=O)NC1=O. The summed E-state index contributed by atoms with van der Waals surface area (Å²) >= 11 is 0. The summed E-state index contributed by atoms with van der Waals surface area (Å²) in [5.74, 6) is -1.22. The highest BCUT2D eigenvalue weighted by Gasteiger charge is 2.49. The quantitative estimate of drug-likeness (QED) is 0.433. The van der Waals surface area contributed by atoms with Crippen molar-refractivity contribution in [2.24, 2.45) is 5.41 Å². The summed E-state index contributed by atoms with van der Waals surface area (Å²) in [6, 6.07) is -0.792. The van der Waals surface area contributed by atoms with E-state index in [1.807, 2.05) is 0 Å². The van der Waals surface area contributed by atoms with Gasteiger partial charge in [0.15, 0.2) is 0 Å². The van der Waals surface area contributed by atoms with E-state index < -0.39 is 23.3 Å². The molecule has 1 saturated heterocycles. The molecule has 17 heavy (non-hydrogen) atoms. The fraction of sp³-hybridized carbons (Fsp3) is 0.333. The number of carbonyl (C=O) groups is 3. The number of hydrogen-bond donors (Lipinski definition) is 2. The standard InChI is InChI=1S/C12H14N2O3/c1-4-5-6-12(7-8(2)3)9(15)13-11(17)14-10(12)16/h5H,1-2,6-7H2,3H3,(H2,13,14,15,16,17). The molecule has 0 aromatic heterocycles. The maximum absolute atomic E-state index is 11.9. The fourth-order valence-electron chi connectivity index (χ4n) is 1.76. The lowest BCUT2D eigenvalue weighted by Crippen LogP contribution is -2.62. The molecule has 0 aromatic carbocycles. The van der Waals surface area contributed by atoms with Gasteiger partial charge in [-0.05, 0) is 25.8 Å². The van der Waals surface area contributed by atoms with Crippen LogP contribution in [0.3, 0.4) is 0 Å². The molecule has 1 heterocycles. The number of rotatable bonds is 4. The molecule has 0 spiro atoms. The zero-order valence-electron chi connectivity index (χ0n) is 9.63. The van der Waals surface area contributed by atoms with E-state index in [1.165, 1.54) is 6.08 Å². The molecule has 0 radical (unpaired) electrons. The van der Waals surface area contributed by atoms with Crippen LogP contribution < -0.4 is 10.6 Å². The Hall–Kier alpha value is -2.13. The minimum absolute atomic E-state index is 0.133. The minimum Gasteiger partial charge on any atom is -0.277 e. The highest BCUT2D eigenvalue weighted by atomic mass is 16.2. The van der Waals surface area contributed by atoms with E-state index in [0.717, 1.165) is 0 Å². The Kier molecular flexibility index (Phi) is 3.66. The zero-order chi connectivity index (χ0) is 13.1. The first-order chi connectivity index (χ1) is 7.92. The summed E-state index contributed by atoms with van der Waals surface area (Å²) < 4.78 is 0. The van der Waals surface area contributed by atoms with Gasteiger partial charge in [-0.2, -0.15) is 0 Å². The monoisotopic (exact) mass is 234 g/mol. The Bertz CT molecular complexity index is 419. The van der Waals surface area contributed by atoms with Crippen LogP contribution in [0.1, 0.15) is 19.8 Å². The third-order valence-corrected chi connectivity index (χ3v) is 2.52. The molecule has 2 N–H and O–H groups in total. The van der Waals surface area contributed by atoms with Gasteiger partial charge in [-0.25, -0.2) is 4.79 Å². The van der Waals surface area contributed by atoms with Gasteiger partial charge in [-0.1, -0.05) is 12.2 Å². The van der Waals surface area contributed by atoms with Crippen LogP contribution in [0.25, 0.3) is 0 Å². The Morgan fingerprint density at radius 3 is 2.29 bits per heavy atom. The Morgan fingerprint density at radius 2 is 1.88 bits per heavy atom. The number of hydrogen-bond acceptors (Lipinski definition) is 3. The zero-order valence-corrected chi connectivity index (χ0v) is 9.63. The first kappa shape index (κ1) is 12.9. The molecule has 90 valence electrons. The van der Waals surface area contributed by atoms with Crippen molar-refractivity contribution >= 4 is 17.8 Å². The van der Waals surface area contributed by atoms with Gasteiger partial charge in [0, 0.05) is 0 Å². The normalized spacial score (nSPS) is 17.8. The van der Waals surface area contributed by atoms with Crippen LogP contribution in [0.2, 0.25) is 0 Å². The number of barbiturate groups is 1. The second-order valence-electron chi connectivity index (χ2n) is 4.07. The second kappa shape index (κ2) is 4.80. The molecule has 5 heteroatoms. The summed E-state index contributed by atoms with van der Waals surface area (Å²) in [4.78, 5) is 34.8. The van der Waals surface area contributed by atoms with Crippen LogP contribution in [0, 0.1) is 5.41 Å². The molecule has 0 aliphatic carbocycles. The fourth-order valence-corrected chi connectivity index (χ4v) is 1.76. The van der Waals surface area contributed by atoms with E-state index in [0.29, 0.717) is 5.57 Å². The number of carbonyl (C=O) groups excluding carboxylic acids is 3. The number of amides is 4. The van der Waals surface area contributed by atoms with Gasteiger partial charge in [-0.15, -0.1) is 12.3 Å². The van der Waals surface area contributed by atoms with Crippen LogP contribution in [0.5, 0.6) is 0 Å². The Morgan fingerprint density at radius 1 is 1.35 bits per heavy atom. The first-order valence-electron chi connectivity index (χ1n) is 5.08. The second-order valence-corrected chi connectivity index (χ2v) is 4.07. The molecule has 0 saturated carbocycles. The van der Waals surface area contributed by atoms with Crippen molar-refractivity contribution in [3.8, 4) is 0 Å². The minimum atomic E-state index is -1.33. The molecule has 1 aliphatic rings. The van der Waals surface area contributed by atoms with Gasteiger partial charge < -0.3 is 0 Å². The maximum atomic E-state index is 11.9. The summed E-state index contributed by atoms with van der Waals surface area (Å²) in [6.45, 7) is 8.80. The van der Waals surface area contributed by atoms with Crippen LogP contribution in [-0.4, -0.2) is 17.8 Å². The number of nitrogens with one attached hydrogen (secondary N) is 2. The summed E-state index contributed by atoms with van der Waals surface area (Å²) in [6.07, 6.45) is 1.81. The lowest BCUT2D eigenvalue weighted by atomic mass is 9.76. The highest BCUT2D eigenvalue weighted by molar-refractivity contribution is 6.19. The van der Waals surface area contributed by atoms with Crippen molar-refractivity contribution in [3.63, 3.8) is 0 Å². The molecule has 1 aliphatic heterocycles. The van der Waals surface area contributed by atoms with Crippen molar-refractivity contribution in [3.05, 3.63) is 30.5 Å². The molecule has 0 atom stereocenters. The highest BCUT2D eigenvalue weighted by Crippen LogP contribution is 2.32. The van der Waals surface area contributed by atoms with E-state index in [1.54, 1.807) is 6.92 Å². The van der Waals surface area contributed by atoms with Crippen molar-refractivity contribution in [1.82, 2.24) is 10.6 Å². The Labute approximate surface area is 99.3 Å². The van der Waals surface area contributed by atoms with E-state index in [9.17, 15) is 14.4 Å². The molecule has 5 nitrogen and oxygen atoms in total. The molecule has 0 aromatic rings. The van der Waals surface area contributed by atoms with Crippen molar-refractivity contribution in [2.45, 2.75) is 19.8 Å². The summed E-state index contributed by atoms with van der Waals surface area (Å²) in [5.41, 5.74) is 1.87. The van der Waals surface area contributed by atoms with Crippen LogP contribution >= 0.6 is 0 Å². The van der Waals surface area contributed by atoms with Crippen molar-refractivity contribution in [1.29, 1.82) is 0 Å². The lowest BCUT2D eigenvalue weighted by Gasteiger charge is -2.33. The van der Waals surface area contributed by atoms with Gasteiger partial charge in [0.1, 0.15) is 5.41 Å². The van der Waals surface area contributed by atoms with Gasteiger partial charge in [0.05, 0.1) is 0 Å². The molecule has 0 bridgehead atoms. The van der Waals surface area contributed by atoms with Crippen molar-refractivity contribution in [2.75, 3.05) is 0 Å². The Balaban J connectivity index is 3.14. The predicted octanol–water partition coefficient (Wildman–Crippen LogP) is 1.04. The van der Waals surface area contributed by atoms with Gasteiger partial charge in [0.2, 0.25) is 11.8 Å². The summed E-state index contributed by atoms with van der Waals surface area (Å²) in [5, 5.41) is 4.19. The number of imide groups is 2. The first-order valence-corrected chi connectivity index (χ1v) is 5.08. The third-order valence-electron chi connectivity index (χ3n) is 2.52. The van der Waals surface area contributed by atoms with E-state index in [-0.39, 0.29) is 12.8 Å². The predicted molar refractivity (Wildman–Crippen MR) is 61.9 cm³/mol. The van der Waals surface area contributed by atoms with Gasteiger partial charge in [-0.3, -0.25) is 20.2 Å². The average molecular weight is 234 g/mol. The molecule has 0 unspecified atom stereocenters. The third kappa shape index (κ3) is 2.52. The average Bonchev–Trinajstić information content (AvgIpc) is 2.21. The molecular weight excluding hydrogens is 220 g/mol. The van der Waals surface area contributed by atoms with Gasteiger partial charge in [0.25, 0.3) is 0 Å². The van der Waals surface area contributed by atoms with E-state index in [4.69, 9.17) is 0 Å². The van der Waals surface area contributed by atoms with E-state index >= 15 is 0 Å². The topological polar surface area (TPSA) is 75.3 Å². The van der Waals surface area contributed by atoms with Gasteiger partial charge >= 0.3 is 6.03 Å². The van der Waals surface area contributed by atoms with Crippen molar-refractivity contribution < 1.29 is 14.4 Å². The van der Waals surface area contributed by atoms with E-state index in [2.05, 4.69) is 29.5 Å². The molecule has 1 fully saturated rings. The smallest absolute Gasteiger partial charge is 0.277 e. The largest absolute Gasteiger partial charge is 0.328 e. The molecule has 1 rings (SSSR count). The summed E-state index contributed by atoms with van der Waals surface area (Å²) in [7, 11) is 0. The van der Waals surface area contributed by atoms with Crippen LogP contribution in [0.15, 0.2) is 30.5 Å².